The van der Waals surface area contributed by atoms with Crippen LogP contribution in [0.15, 0.2) is 85.1 Å². The number of ether oxygens (including phenoxy) is 2. The lowest BCUT2D eigenvalue weighted by Crippen LogP contribution is -2.39. The first-order chi connectivity index (χ1) is 21.3. The number of benzene rings is 3. The van der Waals surface area contributed by atoms with Crippen molar-refractivity contribution in [2.24, 2.45) is 0 Å². The van der Waals surface area contributed by atoms with Gasteiger partial charge in [-0.3, -0.25) is 4.98 Å². The molecule has 4 aromatic rings. The number of hydrogen-bond acceptors (Lipinski definition) is 5. The van der Waals surface area contributed by atoms with Crippen LogP contribution in [0.4, 0.5) is 0 Å². The molecule has 0 saturated carbocycles. The zero-order valence-corrected chi connectivity index (χ0v) is 25.6. The van der Waals surface area contributed by atoms with E-state index in [1.54, 1.807) is 0 Å². The van der Waals surface area contributed by atoms with Gasteiger partial charge in [0.05, 0.1) is 6.61 Å². The van der Waals surface area contributed by atoms with Crippen molar-refractivity contribution in [2.75, 3.05) is 45.9 Å². The number of pyridine rings is 1. The van der Waals surface area contributed by atoms with Crippen LogP contribution in [0.2, 0.25) is 0 Å². The lowest BCUT2D eigenvalue weighted by Gasteiger charge is -2.32. The minimum atomic E-state index is 0.226. The minimum Gasteiger partial charge on any atom is -0.494 e. The first kappa shape index (κ1) is 29.7. The van der Waals surface area contributed by atoms with Crippen molar-refractivity contribution in [3.8, 4) is 11.5 Å². The zero-order chi connectivity index (χ0) is 29.1. The Bertz CT molecular complexity index is 1390. The van der Waals surface area contributed by atoms with Crippen LogP contribution < -0.4 is 9.47 Å². The highest BCUT2D eigenvalue weighted by atomic mass is 16.5. The highest BCUT2D eigenvalue weighted by Gasteiger charge is 2.22. The fourth-order valence-corrected chi connectivity index (χ4v) is 6.55. The summed E-state index contributed by atoms with van der Waals surface area (Å²) >= 11 is 0. The predicted octanol–water partition coefficient (Wildman–Crippen LogP) is 7.56. The topological polar surface area (TPSA) is 37.8 Å². The first-order valence-electron chi connectivity index (χ1n) is 16.5. The number of fused-ring (bicyclic) bond motifs is 1. The number of aromatic nitrogens is 1. The van der Waals surface area contributed by atoms with E-state index in [1.807, 2.05) is 12.3 Å². The molecule has 43 heavy (non-hydrogen) atoms. The molecule has 3 aromatic carbocycles. The molecule has 0 bridgehead atoms. The molecule has 6 rings (SSSR count). The van der Waals surface area contributed by atoms with E-state index in [9.17, 15) is 0 Å². The molecule has 0 aliphatic carbocycles. The summed E-state index contributed by atoms with van der Waals surface area (Å²) in [7, 11) is 0. The van der Waals surface area contributed by atoms with Gasteiger partial charge in [0.1, 0.15) is 23.1 Å². The van der Waals surface area contributed by atoms with E-state index in [0.29, 0.717) is 0 Å². The predicted molar refractivity (Wildman–Crippen MR) is 176 cm³/mol. The number of hydrogen-bond donors (Lipinski definition) is 0. The van der Waals surface area contributed by atoms with Crippen molar-refractivity contribution in [1.82, 2.24) is 14.8 Å². The van der Waals surface area contributed by atoms with Crippen molar-refractivity contribution < 1.29 is 9.47 Å². The third-order valence-corrected chi connectivity index (χ3v) is 9.04. The lowest BCUT2D eigenvalue weighted by molar-refractivity contribution is 0.102. The van der Waals surface area contributed by atoms with Crippen molar-refractivity contribution in [1.29, 1.82) is 0 Å². The monoisotopic (exact) mass is 577 g/mol. The molecule has 226 valence electrons. The molecular formula is C38H47N3O2. The second-order valence-corrected chi connectivity index (χ2v) is 12.3. The van der Waals surface area contributed by atoms with Crippen LogP contribution >= 0.6 is 0 Å². The second-order valence-electron chi connectivity index (χ2n) is 12.3. The Labute approximate surface area is 257 Å². The molecule has 0 amide bonds. The van der Waals surface area contributed by atoms with Crippen molar-refractivity contribution in [3.63, 3.8) is 0 Å². The summed E-state index contributed by atoms with van der Waals surface area (Å²) in [4.78, 5) is 9.86. The zero-order valence-electron chi connectivity index (χ0n) is 25.6. The standard InChI is InChI=1S/C38H47N3O2/c1-2-7-22-40(21-6-1)23-9-27-42-35-15-13-31(14-16-35)17-24-41-25-18-36(19-26-41)43-37-30-33(28-32-10-4-3-5-11-32)29-34-12-8-20-39-38(34)37/h3-5,8,10-16,20,29-30,36H,1-2,6-7,9,17-19,21-28H2. The Hall–Kier alpha value is -3.41. The van der Waals surface area contributed by atoms with Crippen LogP contribution in [0, 0.1) is 0 Å². The molecule has 2 aliphatic heterocycles. The maximum atomic E-state index is 6.65. The van der Waals surface area contributed by atoms with Crippen LogP contribution in [0.3, 0.4) is 0 Å². The molecule has 5 nitrogen and oxygen atoms in total. The fourth-order valence-electron chi connectivity index (χ4n) is 6.55. The van der Waals surface area contributed by atoms with E-state index in [-0.39, 0.29) is 6.10 Å². The summed E-state index contributed by atoms with van der Waals surface area (Å²) in [5.41, 5.74) is 4.92. The molecule has 3 heterocycles. The number of likely N-dealkylation sites (tertiary alicyclic amines) is 2. The largest absolute Gasteiger partial charge is 0.494 e. The van der Waals surface area contributed by atoms with Crippen LogP contribution in [-0.4, -0.2) is 66.8 Å². The number of piperidine rings is 1. The van der Waals surface area contributed by atoms with E-state index in [0.717, 1.165) is 87.3 Å². The molecule has 2 aliphatic rings. The molecular weight excluding hydrogens is 530 g/mol. The maximum absolute atomic E-state index is 6.65. The Morgan fingerprint density at radius 3 is 2.26 bits per heavy atom. The number of rotatable bonds is 12. The van der Waals surface area contributed by atoms with E-state index < -0.39 is 0 Å². The molecule has 0 atom stereocenters. The van der Waals surface area contributed by atoms with E-state index in [2.05, 4.69) is 87.6 Å². The lowest BCUT2D eigenvalue weighted by atomic mass is 10.0. The van der Waals surface area contributed by atoms with E-state index in [1.165, 1.54) is 55.5 Å². The van der Waals surface area contributed by atoms with Crippen LogP contribution in [0.25, 0.3) is 10.9 Å². The summed E-state index contributed by atoms with van der Waals surface area (Å²) in [6.07, 6.45) is 12.7. The van der Waals surface area contributed by atoms with Gasteiger partial charge in [-0.2, -0.15) is 0 Å². The smallest absolute Gasteiger partial charge is 0.146 e. The SMILES string of the molecule is c1ccc(Cc2cc(OC3CCN(CCc4ccc(OCCCN5CCCCCC5)cc4)CC3)c3ncccc3c2)cc1. The minimum absolute atomic E-state index is 0.226. The molecule has 0 radical (unpaired) electrons. The molecule has 5 heteroatoms. The second kappa shape index (κ2) is 15.4. The first-order valence-corrected chi connectivity index (χ1v) is 16.5. The fraction of sp³-hybridized carbons (Fsp3) is 0.447. The van der Waals surface area contributed by atoms with Gasteiger partial charge in [0, 0.05) is 37.8 Å². The number of nitrogens with zero attached hydrogens (tertiary/aromatic N) is 3. The van der Waals surface area contributed by atoms with Gasteiger partial charge < -0.3 is 19.3 Å². The highest BCUT2D eigenvalue weighted by Crippen LogP contribution is 2.30. The molecule has 0 spiro atoms. The third kappa shape index (κ3) is 8.81. The van der Waals surface area contributed by atoms with Gasteiger partial charge in [-0.1, -0.05) is 61.4 Å². The summed E-state index contributed by atoms with van der Waals surface area (Å²) in [6.45, 7) is 7.70. The summed E-state index contributed by atoms with van der Waals surface area (Å²) in [5.74, 6) is 1.92. The summed E-state index contributed by atoms with van der Waals surface area (Å²) in [5, 5.41) is 1.15. The van der Waals surface area contributed by atoms with Gasteiger partial charge in [0.25, 0.3) is 0 Å². The van der Waals surface area contributed by atoms with Crippen molar-refractivity contribution in [3.05, 3.63) is 102 Å². The van der Waals surface area contributed by atoms with Gasteiger partial charge in [0.2, 0.25) is 0 Å². The van der Waals surface area contributed by atoms with Gasteiger partial charge in [-0.15, -0.1) is 0 Å². The van der Waals surface area contributed by atoms with Crippen molar-refractivity contribution >= 4 is 10.9 Å². The van der Waals surface area contributed by atoms with Gasteiger partial charge in [-0.25, -0.2) is 0 Å². The Morgan fingerprint density at radius 2 is 1.47 bits per heavy atom. The van der Waals surface area contributed by atoms with E-state index >= 15 is 0 Å². The molecule has 2 fully saturated rings. The van der Waals surface area contributed by atoms with Crippen LogP contribution in [0.5, 0.6) is 11.5 Å². The molecule has 0 N–H and O–H groups in total. The molecule has 1 aromatic heterocycles. The normalized spacial score (nSPS) is 17.1. The maximum Gasteiger partial charge on any atom is 0.146 e. The highest BCUT2D eigenvalue weighted by molar-refractivity contribution is 5.85. The molecule has 2 saturated heterocycles. The van der Waals surface area contributed by atoms with Gasteiger partial charge in [0.15, 0.2) is 0 Å². The Morgan fingerprint density at radius 1 is 0.698 bits per heavy atom. The van der Waals surface area contributed by atoms with E-state index in [4.69, 9.17) is 9.47 Å². The van der Waals surface area contributed by atoms with Crippen LogP contribution in [-0.2, 0) is 12.8 Å². The average Bonchev–Trinajstić information content (AvgIpc) is 3.33. The average molecular weight is 578 g/mol. The quantitative estimate of drug-likeness (QED) is 0.163. The molecule has 0 unspecified atom stereocenters. The van der Waals surface area contributed by atoms with Gasteiger partial charge in [-0.05, 0) is 105 Å². The third-order valence-electron chi connectivity index (χ3n) is 9.04. The Balaban J connectivity index is 0.939. The van der Waals surface area contributed by atoms with Crippen molar-refractivity contribution in [2.45, 2.75) is 63.9 Å². The van der Waals surface area contributed by atoms with Crippen LogP contribution in [0.1, 0.15) is 61.6 Å². The Kier molecular flexibility index (Phi) is 10.6. The summed E-state index contributed by atoms with van der Waals surface area (Å²) < 4.78 is 12.7. The summed E-state index contributed by atoms with van der Waals surface area (Å²) in [6, 6.07) is 28.0. The van der Waals surface area contributed by atoms with Gasteiger partial charge >= 0.3 is 0 Å².